The summed E-state index contributed by atoms with van der Waals surface area (Å²) in [6.45, 7) is 7.16. The molecule has 3 heterocycles. The minimum Gasteiger partial charge on any atom is -0.354 e. The molecule has 2 aromatic carbocycles. The molecule has 33 heavy (non-hydrogen) atoms. The maximum atomic E-state index is 12.9. The van der Waals surface area contributed by atoms with E-state index in [2.05, 4.69) is 62.1 Å². The van der Waals surface area contributed by atoms with Crippen molar-refractivity contribution in [3.8, 4) is 0 Å². The second kappa shape index (κ2) is 9.38. The van der Waals surface area contributed by atoms with Crippen molar-refractivity contribution in [2.75, 3.05) is 64.3 Å². The van der Waals surface area contributed by atoms with E-state index in [0.29, 0.717) is 13.1 Å². The zero-order chi connectivity index (χ0) is 22.8. The van der Waals surface area contributed by atoms with Gasteiger partial charge in [0.1, 0.15) is 10.7 Å². The summed E-state index contributed by atoms with van der Waals surface area (Å²) >= 11 is 0. The number of aromatic nitrogens is 1. The summed E-state index contributed by atoms with van der Waals surface area (Å²) in [7, 11) is -1.46. The van der Waals surface area contributed by atoms with Crippen LogP contribution in [0.5, 0.6) is 0 Å². The number of piperazine rings is 2. The SMILES string of the molecule is CN1CCN(S(=O)(=O)c2ccc(N3CCN(Cc4cccc5ccccc45)CC3)nc2)CC1. The van der Waals surface area contributed by atoms with Crippen LogP contribution in [0.1, 0.15) is 5.56 Å². The van der Waals surface area contributed by atoms with Crippen molar-refractivity contribution in [2.24, 2.45) is 0 Å². The fourth-order valence-corrected chi connectivity index (χ4v) is 6.06. The molecule has 2 aliphatic heterocycles. The van der Waals surface area contributed by atoms with Crippen LogP contribution in [0, 0.1) is 0 Å². The van der Waals surface area contributed by atoms with Crippen molar-refractivity contribution in [3.63, 3.8) is 0 Å². The summed E-state index contributed by atoms with van der Waals surface area (Å²) in [4.78, 5) is 11.7. The van der Waals surface area contributed by atoms with Gasteiger partial charge in [-0.2, -0.15) is 4.31 Å². The Balaban J connectivity index is 1.21. The van der Waals surface area contributed by atoms with Gasteiger partial charge in [-0.15, -0.1) is 0 Å². The van der Waals surface area contributed by atoms with Crippen molar-refractivity contribution >= 4 is 26.6 Å². The lowest BCUT2D eigenvalue weighted by molar-refractivity contribution is 0.222. The number of hydrogen-bond acceptors (Lipinski definition) is 6. The smallest absolute Gasteiger partial charge is 0.244 e. The van der Waals surface area contributed by atoms with E-state index in [9.17, 15) is 8.42 Å². The quantitative estimate of drug-likeness (QED) is 0.577. The zero-order valence-electron chi connectivity index (χ0n) is 19.1. The lowest BCUT2D eigenvalue weighted by atomic mass is 10.0. The van der Waals surface area contributed by atoms with Crippen molar-refractivity contribution in [1.82, 2.24) is 19.1 Å². The molecule has 0 unspecified atom stereocenters. The van der Waals surface area contributed by atoms with Gasteiger partial charge in [-0.25, -0.2) is 13.4 Å². The van der Waals surface area contributed by atoms with E-state index in [-0.39, 0.29) is 4.90 Å². The number of fused-ring (bicyclic) bond motifs is 1. The summed E-state index contributed by atoms with van der Waals surface area (Å²) in [5, 5.41) is 2.60. The molecule has 7 nitrogen and oxygen atoms in total. The molecule has 0 bridgehead atoms. The van der Waals surface area contributed by atoms with Gasteiger partial charge in [0.25, 0.3) is 0 Å². The van der Waals surface area contributed by atoms with E-state index >= 15 is 0 Å². The molecule has 0 saturated carbocycles. The lowest BCUT2D eigenvalue weighted by Gasteiger charge is -2.35. The minimum atomic E-state index is -3.48. The number of likely N-dealkylation sites (N-methyl/N-ethyl adjacent to an activating group) is 1. The summed E-state index contributed by atoms with van der Waals surface area (Å²) in [5.41, 5.74) is 1.36. The Bertz CT molecular complexity index is 1190. The molecule has 0 atom stereocenters. The van der Waals surface area contributed by atoms with E-state index in [1.54, 1.807) is 10.4 Å². The molecule has 1 aromatic heterocycles. The highest BCUT2D eigenvalue weighted by atomic mass is 32.2. The Morgan fingerprint density at radius 1 is 0.818 bits per heavy atom. The van der Waals surface area contributed by atoms with Crippen molar-refractivity contribution in [3.05, 3.63) is 66.4 Å². The van der Waals surface area contributed by atoms with Crippen molar-refractivity contribution in [2.45, 2.75) is 11.4 Å². The van der Waals surface area contributed by atoms with Crippen LogP contribution in [-0.2, 0) is 16.6 Å². The van der Waals surface area contributed by atoms with Gasteiger partial charge in [0.2, 0.25) is 10.0 Å². The van der Waals surface area contributed by atoms with Gasteiger partial charge in [0.05, 0.1) is 0 Å². The largest absolute Gasteiger partial charge is 0.354 e. The third-order valence-corrected chi connectivity index (χ3v) is 8.67. The number of rotatable bonds is 5. The number of sulfonamides is 1. The molecule has 2 aliphatic rings. The van der Waals surface area contributed by atoms with Crippen LogP contribution in [0.2, 0.25) is 0 Å². The van der Waals surface area contributed by atoms with E-state index in [1.165, 1.54) is 22.5 Å². The van der Waals surface area contributed by atoms with E-state index in [0.717, 1.165) is 51.6 Å². The molecule has 0 amide bonds. The third kappa shape index (κ3) is 4.75. The molecule has 0 aliphatic carbocycles. The summed E-state index contributed by atoms with van der Waals surface area (Å²) in [6, 6.07) is 18.6. The van der Waals surface area contributed by atoms with Crippen LogP contribution in [0.3, 0.4) is 0 Å². The second-order valence-electron chi connectivity index (χ2n) is 8.96. The first-order valence-electron chi connectivity index (χ1n) is 11.6. The Labute approximate surface area is 196 Å². The summed E-state index contributed by atoms with van der Waals surface area (Å²) in [5.74, 6) is 0.845. The Kier molecular flexibility index (Phi) is 6.34. The Morgan fingerprint density at radius 3 is 2.27 bits per heavy atom. The van der Waals surface area contributed by atoms with Crippen LogP contribution in [0.25, 0.3) is 10.8 Å². The Morgan fingerprint density at radius 2 is 1.55 bits per heavy atom. The summed E-state index contributed by atoms with van der Waals surface area (Å²) < 4.78 is 27.4. The van der Waals surface area contributed by atoms with Crippen LogP contribution < -0.4 is 4.90 Å². The molecule has 2 fully saturated rings. The van der Waals surface area contributed by atoms with Crippen molar-refractivity contribution in [1.29, 1.82) is 0 Å². The number of anilines is 1. The van der Waals surface area contributed by atoms with E-state index in [4.69, 9.17) is 0 Å². The average molecular weight is 466 g/mol. The second-order valence-corrected chi connectivity index (χ2v) is 10.9. The molecule has 174 valence electrons. The molecular weight excluding hydrogens is 434 g/mol. The van der Waals surface area contributed by atoms with Gasteiger partial charge >= 0.3 is 0 Å². The standard InChI is InChI=1S/C25H31N5O2S/c1-27-11-17-30(18-12-27)33(31,32)23-9-10-25(26-19-23)29-15-13-28(14-16-29)20-22-7-4-6-21-5-2-3-8-24(21)22/h2-10,19H,11-18,20H2,1H3. The number of benzene rings is 2. The first-order valence-corrected chi connectivity index (χ1v) is 13.0. The molecule has 5 rings (SSSR count). The van der Waals surface area contributed by atoms with Gasteiger partial charge < -0.3 is 9.80 Å². The number of hydrogen-bond donors (Lipinski definition) is 0. The van der Waals surface area contributed by atoms with Crippen LogP contribution >= 0.6 is 0 Å². The molecule has 2 saturated heterocycles. The molecule has 0 radical (unpaired) electrons. The van der Waals surface area contributed by atoms with Crippen molar-refractivity contribution < 1.29 is 8.42 Å². The molecule has 3 aromatic rings. The van der Waals surface area contributed by atoms with Gasteiger partial charge in [-0.3, -0.25) is 4.90 Å². The molecular formula is C25H31N5O2S. The molecule has 0 N–H and O–H groups in total. The lowest BCUT2D eigenvalue weighted by Crippen LogP contribution is -2.47. The van der Waals surface area contributed by atoms with Gasteiger partial charge in [0, 0.05) is 65.1 Å². The maximum Gasteiger partial charge on any atom is 0.244 e. The van der Waals surface area contributed by atoms with Gasteiger partial charge in [-0.05, 0) is 35.5 Å². The highest BCUT2D eigenvalue weighted by Gasteiger charge is 2.28. The number of pyridine rings is 1. The van der Waals surface area contributed by atoms with E-state index in [1.807, 2.05) is 13.1 Å². The van der Waals surface area contributed by atoms with Gasteiger partial charge in [0.15, 0.2) is 0 Å². The first kappa shape index (κ1) is 22.3. The highest BCUT2D eigenvalue weighted by Crippen LogP contribution is 2.23. The summed E-state index contributed by atoms with van der Waals surface area (Å²) in [6.07, 6.45) is 1.52. The minimum absolute atomic E-state index is 0.283. The van der Waals surface area contributed by atoms with Crippen LogP contribution in [0.15, 0.2) is 65.7 Å². The predicted molar refractivity (Wildman–Crippen MR) is 132 cm³/mol. The average Bonchev–Trinajstić information content (AvgIpc) is 2.85. The first-order chi connectivity index (χ1) is 16.0. The van der Waals surface area contributed by atoms with Crippen LogP contribution in [-0.4, -0.2) is 86.9 Å². The van der Waals surface area contributed by atoms with E-state index < -0.39 is 10.0 Å². The third-order valence-electron chi connectivity index (χ3n) is 6.79. The maximum absolute atomic E-state index is 12.9. The normalized spacial score (nSPS) is 19.2. The Hall–Kier alpha value is -2.52. The van der Waals surface area contributed by atoms with Crippen LogP contribution in [0.4, 0.5) is 5.82 Å². The zero-order valence-corrected chi connectivity index (χ0v) is 19.9. The topological polar surface area (TPSA) is 60.0 Å². The fraction of sp³-hybridized carbons (Fsp3) is 0.400. The number of nitrogens with zero attached hydrogens (tertiary/aromatic N) is 5. The molecule has 0 spiro atoms. The van der Waals surface area contributed by atoms with Gasteiger partial charge in [-0.1, -0.05) is 42.5 Å². The molecule has 8 heteroatoms. The predicted octanol–water partition coefficient (Wildman–Crippen LogP) is 2.49. The monoisotopic (exact) mass is 465 g/mol. The highest BCUT2D eigenvalue weighted by molar-refractivity contribution is 7.89. The fourth-order valence-electron chi connectivity index (χ4n) is 4.70.